The monoisotopic (exact) mass is 466 g/mol. The summed E-state index contributed by atoms with van der Waals surface area (Å²) in [5.41, 5.74) is 1.40. The first-order chi connectivity index (χ1) is 15.1. The van der Waals surface area contributed by atoms with Gasteiger partial charge in [-0.05, 0) is 41.2 Å². The number of esters is 1. The SMILES string of the molecule is CO.COC(=O)Cc1cc(CC(C)=O)ccc1S(=O)(=O)Cc1cc2c(cc1F)COB2O. The molecule has 0 spiro atoms. The van der Waals surface area contributed by atoms with Crippen LogP contribution in [0.2, 0.25) is 0 Å². The van der Waals surface area contributed by atoms with Gasteiger partial charge in [-0.3, -0.25) is 9.59 Å². The predicted octanol–water partition coefficient (Wildman–Crippen LogP) is 0.473. The summed E-state index contributed by atoms with van der Waals surface area (Å²) in [6.07, 6.45) is -0.220. The van der Waals surface area contributed by atoms with Gasteiger partial charge < -0.3 is 19.5 Å². The third-order valence-electron chi connectivity index (χ3n) is 4.79. The van der Waals surface area contributed by atoms with Crippen molar-refractivity contribution in [3.63, 3.8) is 0 Å². The second-order valence-electron chi connectivity index (χ2n) is 7.14. The molecule has 0 radical (unpaired) electrons. The molecule has 0 unspecified atom stereocenters. The van der Waals surface area contributed by atoms with Crippen molar-refractivity contribution in [1.82, 2.24) is 0 Å². The van der Waals surface area contributed by atoms with E-state index in [0.717, 1.165) is 13.2 Å². The normalized spacial score (nSPS) is 12.6. The Morgan fingerprint density at radius 1 is 1.16 bits per heavy atom. The van der Waals surface area contributed by atoms with Crippen molar-refractivity contribution in [1.29, 1.82) is 0 Å². The highest BCUT2D eigenvalue weighted by atomic mass is 32.2. The molecule has 1 aliphatic heterocycles. The number of aliphatic hydroxyl groups is 1. The van der Waals surface area contributed by atoms with Gasteiger partial charge in [0, 0.05) is 19.1 Å². The zero-order chi connectivity index (χ0) is 24.1. The van der Waals surface area contributed by atoms with Crippen molar-refractivity contribution in [3.05, 3.63) is 58.4 Å². The van der Waals surface area contributed by atoms with Crippen LogP contribution >= 0.6 is 0 Å². The van der Waals surface area contributed by atoms with E-state index in [1.165, 1.54) is 38.3 Å². The number of Topliss-reactive ketones (excluding diaryl/α,β-unsaturated/α-hetero) is 1. The summed E-state index contributed by atoms with van der Waals surface area (Å²) in [4.78, 5) is 23.0. The van der Waals surface area contributed by atoms with Crippen molar-refractivity contribution >= 4 is 34.2 Å². The number of ether oxygens (including phenoxy) is 1. The molecule has 0 bridgehead atoms. The fourth-order valence-corrected chi connectivity index (χ4v) is 4.98. The third kappa shape index (κ3) is 6.01. The number of carbonyl (C=O) groups excluding carboxylic acids is 2. The highest BCUT2D eigenvalue weighted by Gasteiger charge is 2.30. The maximum Gasteiger partial charge on any atom is 0.491 e. The summed E-state index contributed by atoms with van der Waals surface area (Å²) in [5.74, 6) is -2.15. The largest absolute Gasteiger partial charge is 0.491 e. The van der Waals surface area contributed by atoms with Gasteiger partial charge in [0.25, 0.3) is 0 Å². The van der Waals surface area contributed by atoms with E-state index in [9.17, 15) is 27.4 Å². The molecule has 172 valence electrons. The molecule has 0 saturated carbocycles. The fourth-order valence-electron chi connectivity index (χ4n) is 3.38. The lowest BCUT2D eigenvalue weighted by molar-refractivity contribution is -0.139. The third-order valence-corrected chi connectivity index (χ3v) is 6.55. The minimum Gasteiger partial charge on any atom is -0.469 e. The Bertz CT molecular complexity index is 1120. The molecule has 2 aromatic carbocycles. The molecule has 0 aromatic heterocycles. The number of carbonyl (C=O) groups is 2. The number of benzene rings is 2. The van der Waals surface area contributed by atoms with Crippen LogP contribution in [-0.4, -0.2) is 51.6 Å². The Kier molecular flexibility index (Phi) is 8.68. The average molecular weight is 466 g/mol. The van der Waals surface area contributed by atoms with Crippen LogP contribution in [0.25, 0.3) is 0 Å². The van der Waals surface area contributed by atoms with Gasteiger partial charge in [0.1, 0.15) is 11.6 Å². The second kappa shape index (κ2) is 10.8. The predicted molar refractivity (Wildman–Crippen MR) is 114 cm³/mol. The van der Waals surface area contributed by atoms with Crippen molar-refractivity contribution in [2.24, 2.45) is 0 Å². The smallest absolute Gasteiger partial charge is 0.469 e. The number of hydrogen-bond donors (Lipinski definition) is 2. The molecule has 0 atom stereocenters. The molecule has 2 N–H and O–H groups in total. The van der Waals surface area contributed by atoms with Crippen LogP contribution in [0.3, 0.4) is 0 Å². The van der Waals surface area contributed by atoms with Crippen LogP contribution in [0.15, 0.2) is 35.2 Å². The van der Waals surface area contributed by atoms with Crippen LogP contribution in [0.5, 0.6) is 0 Å². The maximum absolute atomic E-state index is 14.5. The number of halogens is 1. The van der Waals surface area contributed by atoms with Gasteiger partial charge in [0.2, 0.25) is 0 Å². The number of hydrogen-bond acceptors (Lipinski definition) is 8. The van der Waals surface area contributed by atoms with E-state index in [1.54, 1.807) is 0 Å². The first-order valence-electron chi connectivity index (χ1n) is 9.57. The molecule has 3 rings (SSSR count). The molecule has 0 aliphatic carbocycles. The van der Waals surface area contributed by atoms with Crippen molar-refractivity contribution in [2.75, 3.05) is 14.2 Å². The molecular formula is C21H24BFO8S. The summed E-state index contributed by atoms with van der Waals surface area (Å²) < 4.78 is 50.3. The van der Waals surface area contributed by atoms with Gasteiger partial charge in [-0.1, -0.05) is 18.2 Å². The van der Waals surface area contributed by atoms with Crippen molar-refractivity contribution in [2.45, 2.75) is 37.0 Å². The van der Waals surface area contributed by atoms with Crippen molar-refractivity contribution in [3.8, 4) is 0 Å². The maximum atomic E-state index is 14.5. The fraction of sp³-hybridized carbons (Fsp3) is 0.333. The van der Waals surface area contributed by atoms with E-state index in [1.807, 2.05) is 0 Å². The lowest BCUT2D eigenvalue weighted by atomic mass is 9.79. The first kappa shape index (κ1) is 25.7. The molecule has 0 saturated heterocycles. The highest BCUT2D eigenvalue weighted by Crippen LogP contribution is 2.25. The van der Waals surface area contributed by atoms with Crippen LogP contribution in [-0.2, 0) is 54.0 Å². The van der Waals surface area contributed by atoms with Gasteiger partial charge in [-0.25, -0.2) is 12.8 Å². The Hall–Kier alpha value is -2.60. The second-order valence-corrected chi connectivity index (χ2v) is 9.10. The summed E-state index contributed by atoms with van der Waals surface area (Å²) in [7, 11) is -3.11. The minimum absolute atomic E-state index is 0.0430. The molecule has 1 heterocycles. The number of fused-ring (bicyclic) bond motifs is 1. The first-order valence-corrected chi connectivity index (χ1v) is 11.2. The van der Waals surface area contributed by atoms with Gasteiger partial charge in [-0.2, -0.15) is 0 Å². The lowest BCUT2D eigenvalue weighted by Gasteiger charge is -2.13. The van der Waals surface area contributed by atoms with Gasteiger partial charge >= 0.3 is 13.1 Å². The zero-order valence-corrected chi connectivity index (χ0v) is 18.7. The van der Waals surface area contributed by atoms with Gasteiger partial charge in [0.05, 0.1) is 30.8 Å². The Balaban J connectivity index is 0.00000176. The minimum atomic E-state index is -4.06. The van der Waals surface area contributed by atoms with E-state index < -0.39 is 34.5 Å². The summed E-state index contributed by atoms with van der Waals surface area (Å²) in [6, 6.07) is 6.72. The zero-order valence-electron chi connectivity index (χ0n) is 17.9. The van der Waals surface area contributed by atoms with Crippen LogP contribution in [0.4, 0.5) is 4.39 Å². The topological polar surface area (TPSA) is 127 Å². The number of aliphatic hydroxyl groups excluding tert-OH is 1. The van der Waals surface area contributed by atoms with Crippen LogP contribution in [0, 0.1) is 5.82 Å². The number of rotatable bonds is 7. The van der Waals surface area contributed by atoms with E-state index >= 15 is 0 Å². The van der Waals surface area contributed by atoms with Gasteiger partial charge in [-0.15, -0.1) is 0 Å². The summed E-state index contributed by atoms with van der Waals surface area (Å²) in [5, 5.41) is 16.8. The van der Waals surface area contributed by atoms with Crippen molar-refractivity contribution < 1.29 is 41.9 Å². The highest BCUT2D eigenvalue weighted by molar-refractivity contribution is 7.90. The molecule has 8 nitrogen and oxygen atoms in total. The summed E-state index contributed by atoms with van der Waals surface area (Å²) >= 11 is 0. The number of ketones is 1. The van der Waals surface area contributed by atoms with Crippen LogP contribution < -0.4 is 5.46 Å². The quantitative estimate of drug-likeness (QED) is 0.446. The molecule has 32 heavy (non-hydrogen) atoms. The molecule has 11 heteroatoms. The van der Waals surface area contributed by atoms with Crippen LogP contribution in [0.1, 0.15) is 29.2 Å². The lowest BCUT2D eigenvalue weighted by Crippen LogP contribution is -2.29. The van der Waals surface area contributed by atoms with Gasteiger partial charge in [0.15, 0.2) is 9.84 Å². The Morgan fingerprint density at radius 2 is 1.84 bits per heavy atom. The number of methoxy groups -OCH3 is 1. The molecule has 0 amide bonds. The van der Waals surface area contributed by atoms with E-state index in [2.05, 4.69) is 4.74 Å². The molecule has 2 aromatic rings. The Morgan fingerprint density at radius 3 is 2.47 bits per heavy atom. The molecule has 0 fully saturated rings. The molecule has 1 aliphatic rings. The van der Waals surface area contributed by atoms with E-state index in [0.29, 0.717) is 16.6 Å². The Labute approximate surface area is 186 Å². The molecular weight excluding hydrogens is 442 g/mol. The van der Waals surface area contributed by atoms with E-state index in [4.69, 9.17) is 9.76 Å². The number of sulfone groups is 1. The average Bonchev–Trinajstić information content (AvgIpc) is 3.08. The van der Waals surface area contributed by atoms with E-state index in [-0.39, 0.29) is 41.3 Å². The standard InChI is InChI=1S/C20H20BFO7S.CH4O/c1-12(23)5-13-3-4-19(14(6-13)9-20(24)28-2)30(26,27)11-16-7-17-15(8-18(16)22)10-29-21(17)25;1-2/h3-4,6-8,25H,5,9-11H2,1-2H3;2H,1H3. The summed E-state index contributed by atoms with van der Waals surface area (Å²) in [6.45, 7) is 1.45.